The maximum absolute atomic E-state index is 14.2. The summed E-state index contributed by atoms with van der Waals surface area (Å²) in [6, 6.07) is 14.0. The van der Waals surface area contributed by atoms with Crippen molar-refractivity contribution in [1.82, 2.24) is 10.6 Å². The fourth-order valence-electron chi connectivity index (χ4n) is 3.85. The minimum absolute atomic E-state index is 0.0951. The van der Waals surface area contributed by atoms with E-state index in [1.54, 1.807) is 31.2 Å². The molecule has 0 radical (unpaired) electrons. The smallest absolute Gasteiger partial charge is 0.320 e. The van der Waals surface area contributed by atoms with Crippen molar-refractivity contribution in [2.75, 3.05) is 6.61 Å². The molecule has 0 aliphatic carbocycles. The standard InChI is InChI=1S/C24H19ClFN3O5/c1-2-34-19-11-15(10-18(23(19)30)29(32)33)22-20(13-6-4-3-5-7-13)21(27-24(31)28-22)14-8-16(25)12-17(26)9-14/h3-12,22,30H,2H2,1H3,(H2,27,28,31). The molecule has 174 valence electrons. The van der Waals surface area contributed by atoms with Crippen LogP contribution in [0.4, 0.5) is 14.9 Å². The molecular formula is C24H19ClFN3O5. The number of amides is 2. The third-order valence-corrected chi connectivity index (χ3v) is 5.43. The molecule has 0 bridgehead atoms. The van der Waals surface area contributed by atoms with Crippen molar-refractivity contribution in [3.8, 4) is 11.5 Å². The number of phenolic OH excluding ortho intramolecular Hbond substituents is 1. The third kappa shape index (κ3) is 4.51. The van der Waals surface area contributed by atoms with Gasteiger partial charge in [0.2, 0.25) is 5.75 Å². The molecule has 2 amide bonds. The van der Waals surface area contributed by atoms with Gasteiger partial charge < -0.3 is 20.5 Å². The Morgan fingerprint density at radius 2 is 1.88 bits per heavy atom. The maximum atomic E-state index is 14.2. The van der Waals surface area contributed by atoms with E-state index in [1.807, 2.05) is 6.07 Å². The van der Waals surface area contributed by atoms with Crippen molar-refractivity contribution < 1.29 is 24.0 Å². The van der Waals surface area contributed by atoms with Crippen LogP contribution in [0.15, 0.2) is 60.7 Å². The second-order valence-electron chi connectivity index (χ2n) is 7.42. The molecule has 0 fully saturated rings. The van der Waals surface area contributed by atoms with Crippen LogP contribution in [0, 0.1) is 15.9 Å². The molecule has 3 aromatic carbocycles. The van der Waals surface area contributed by atoms with Gasteiger partial charge in [-0.3, -0.25) is 10.1 Å². The molecule has 34 heavy (non-hydrogen) atoms. The Morgan fingerprint density at radius 3 is 2.53 bits per heavy atom. The fraction of sp³-hybridized carbons (Fsp3) is 0.125. The van der Waals surface area contributed by atoms with E-state index < -0.39 is 34.3 Å². The number of ether oxygens (including phenoxy) is 1. The summed E-state index contributed by atoms with van der Waals surface area (Å²) in [5.74, 6) is -1.30. The lowest BCUT2D eigenvalue weighted by molar-refractivity contribution is -0.386. The van der Waals surface area contributed by atoms with Gasteiger partial charge in [0.25, 0.3) is 0 Å². The minimum atomic E-state index is -0.897. The number of carbonyl (C=O) groups excluding carboxylic acids is 1. The van der Waals surface area contributed by atoms with E-state index in [-0.39, 0.29) is 23.1 Å². The molecule has 4 rings (SSSR count). The normalized spacial score (nSPS) is 15.5. The summed E-state index contributed by atoms with van der Waals surface area (Å²) in [7, 11) is 0. The van der Waals surface area contributed by atoms with Gasteiger partial charge in [0, 0.05) is 22.2 Å². The summed E-state index contributed by atoms with van der Waals surface area (Å²) in [5.41, 5.74) is 1.52. The Morgan fingerprint density at radius 1 is 1.15 bits per heavy atom. The van der Waals surface area contributed by atoms with Crippen molar-refractivity contribution in [1.29, 1.82) is 0 Å². The molecule has 3 aromatic rings. The minimum Gasteiger partial charge on any atom is -0.500 e. The van der Waals surface area contributed by atoms with Crippen LogP contribution in [0.1, 0.15) is 29.7 Å². The Balaban J connectivity index is 2.01. The van der Waals surface area contributed by atoms with Crippen LogP contribution in [-0.2, 0) is 0 Å². The predicted octanol–water partition coefficient (Wildman–Crippen LogP) is 5.41. The Bertz CT molecular complexity index is 1290. The molecule has 3 N–H and O–H groups in total. The lowest BCUT2D eigenvalue weighted by Crippen LogP contribution is -2.43. The number of halogens is 2. The Labute approximate surface area is 198 Å². The molecular weight excluding hydrogens is 465 g/mol. The van der Waals surface area contributed by atoms with E-state index in [4.69, 9.17) is 16.3 Å². The van der Waals surface area contributed by atoms with Gasteiger partial charge in [-0.25, -0.2) is 9.18 Å². The van der Waals surface area contributed by atoms with Crippen LogP contribution in [-0.4, -0.2) is 22.7 Å². The summed E-state index contributed by atoms with van der Waals surface area (Å²) in [6.45, 7) is 1.83. The number of aromatic hydroxyl groups is 1. The number of nitro groups is 1. The van der Waals surface area contributed by atoms with E-state index in [9.17, 15) is 24.4 Å². The van der Waals surface area contributed by atoms with Crippen LogP contribution >= 0.6 is 11.6 Å². The van der Waals surface area contributed by atoms with Gasteiger partial charge in [-0.15, -0.1) is 0 Å². The van der Waals surface area contributed by atoms with Gasteiger partial charge in [-0.2, -0.15) is 0 Å². The first-order chi connectivity index (χ1) is 16.3. The third-order valence-electron chi connectivity index (χ3n) is 5.22. The summed E-state index contributed by atoms with van der Waals surface area (Å²) in [5, 5.41) is 27.5. The molecule has 10 heteroatoms. The zero-order valence-corrected chi connectivity index (χ0v) is 18.6. The average Bonchev–Trinajstić information content (AvgIpc) is 2.79. The predicted molar refractivity (Wildman–Crippen MR) is 125 cm³/mol. The number of hydrogen-bond acceptors (Lipinski definition) is 5. The molecule has 0 aromatic heterocycles. The van der Waals surface area contributed by atoms with Crippen molar-refractivity contribution in [3.05, 3.63) is 98.3 Å². The first-order valence-electron chi connectivity index (χ1n) is 10.3. The highest BCUT2D eigenvalue weighted by Gasteiger charge is 2.33. The number of nitro benzene ring substituents is 1. The monoisotopic (exact) mass is 483 g/mol. The number of phenols is 1. The number of nitrogens with zero attached hydrogens (tertiary/aromatic N) is 1. The molecule has 1 aliphatic rings. The zero-order chi connectivity index (χ0) is 24.4. The molecule has 0 spiro atoms. The lowest BCUT2D eigenvalue weighted by atomic mass is 9.87. The molecule has 8 nitrogen and oxygen atoms in total. The Kier molecular flexibility index (Phi) is 6.38. The van der Waals surface area contributed by atoms with E-state index in [0.29, 0.717) is 22.3 Å². The van der Waals surface area contributed by atoms with Gasteiger partial charge in [-0.1, -0.05) is 41.9 Å². The fourth-order valence-corrected chi connectivity index (χ4v) is 4.08. The highest BCUT2D eigenvalue weighted by atomic mass is 35.5. The first kappa shape index (κ1) is 23.1. The first-order valence-corrected chi connectivity index (χ1v) is 10.6. The molecule has 1 unspecified atom stereocenters. The molecule has 0 saturated heterocycles. The van der Waals surface area contributed by atoms with Crippen molar-refractivity contribution in [2.45, 2.75) is 13.0 Å². The van der Waals surface area contributed by atoms with Crippen LogP contribution in [0.25, 0.3) is 11.3 Å². The van der Waals surface area contributed by atoms with Crippen molar-refractivity contribution >= 4 is 34.6 Å². The number of nitrogens with one attached hydrogen (secondary N) is 2. The quantitative estimate of drug-likeness (QED) is 0.320. The number of hydrogen-bond donors (Lipinski definition) is 3. The summed E-state index contributed by atoms with van der Waals surface area (Å²) < 4.78 is 19.6. The summed E-state index contributed by atoms with van der Waals surface area (Å²) in [4.78, 5) is 23.6. The highest BCUT2D eigenvalue weighted by Crippen LogP contribution is 2.44. The molecule has 1 heterocycles. The molecule has 1 aliphatic heterocycles. The molecule has 0 saturated carbocycles. The largest absolute Gasteiger partial charge is 0.500 e. The van der Waals surface area contributed by atoms with E-state index in [2.05, 4.69) is 10.6 Å². The summed E-state index contributed by atoms with van der Waals surface area (Å²) in [6.07, 6.45) is 0. The number of benzene rings is 3. The summed E-state index contributed by atoms with van der Waals surface area (Å²) >= 11 is 6.07. The SMILES string of the molecule is CCOc1cc(C2NC(=O)NC(c3cc(F)cc(Cl)c3)=C2c2ccccc2)cc([N+](=O)[O-])c1O. The second-order valence-corrected chi connectivity index (χ2v) is 7.86. The topological polar surface area (TPSA) is 114 Å². The van der Waals surface area contributed by atoms with Crippen LogP contribution < -0.4 is 15.4 Å². The van der Waals surface area contributed by atoms with Crippen molar-refractivity contribution in [2.24, 2.45) is 0 Å². The van der Waals surface area contributed by atoms with Gasteiger partial charge in [0.1, 0.15) is 5.82 Å². The maximum Gasteiger partial charge on any atom is 0.320 e. The molecule has 1 atom stereocenters. The van der Waals surface area contributed by atoms with E-state index in [1.165, 1.54) is 24.3 Å². The van der Waals surface area contributed by atoms with Gasteiger partial charge >= 0.3 is 11.7 Å². The van der Waals surface area contributed by atoms with Gasteiger partial charge in [-0.05, 0) is 42.3 Å². The number of rotatable bonds is 6. The van der Waals surface area contributed by atoms with Crippen molar-refractivity contribution in [3.63, 3.8) is 0 Å². The van der Waals surface area contributed by atoms with Crippen LogP contribution in [0.3, 0.4) is 0 Å². The van der Waals surface area contributed by atoms with Crippen LogP contribution in [0.2, 0.25) is 5.02 Å². The number of carbonyl (C=O) groups is 1. The second kappa shape index (κ2) is 9.40. The number of urea groups is 1. The lowest BCUT2D eigenvalue weighted by Gasteiger charge is -2.31. The average molecular weight is 484 g/mol. The van der Waals surface area contributed by atoms with Crippen LogP contribution in [0.5, 0.6) is 11.5 Å². The van der Waals surface area contributed by atoms with E-state index >= 15 is 0 Å². The van der Waals surface area contributed by atoms with E-state index in [0.717, 1.165) is 6.07 Å². The Hall–Kier alpha value is -4.11. The highest BCUT2D eigenvalue weighted by molar-refractivity contribution is 6.30. The zero-order valence-electron chi connectivity index (χ0n) is 17.8. The van der Waals surface area contributed by atoms with Gasteiger partial charge in [0.05, 0.1) is 23.3 Å². The van der Waals surface area contributed by atoms with Gasteiger partial charge in [0.15, 0.2) is 5.75 Å².